The Hall–Kier alpha value is -2.73. The van der Waals surface area contributed by atoms with Gasteiger partial charge in [-0.2, -0.15) is 0 Å². The van der Waals surface area contributed by atoms with E-state index in [2.05, 4.69) is 36.2 Å². The molecule has 0 spiro atoms. The van der Waals surface area contributed by atoms with Gasteiger partial charge < -0.3 is 10.1 Å². The summed E-state index contributed by atoms with van der Waals surface area (Å²) in [6.45, 7) is 2.64. The van der Waals surface area contributed by atoms with Crippen LogP contribution >= 0.6 is 0 Å². The third-order valence-electron chi connectivity index (χ3n) is 3.10. The van der Waals surface area contributed by atoms with Gasteiger partial charge in [-0.1, -0.05) is 61.2 Å². The molecule has 0 fully saturated rings. The molecule has 0 aliphatic heterocycles. The number of hydrogen-bond acceptors (Lipinski definition) is 2. The third-order valence-corrected chi connectivity index (χ3v) is 3.10. The van der Waals surface area contributed by atoms with Crippen LogP contribution in [-0.2, 0) is 17.8 Å². The van der Waals surface area contributed by atoms with Crippen molar-refractivity contribution in [2.24, 2.45) is 0 Å². The molecule has 3 nitrogen and oxygen atoms in total. The molecule has 0 saturated heterocycles. The van der Waals surface area contributed by atoms with E-state index in [1.165, 1.54) is 5.56 Å². The van der Waals surface area contributed by atoms with Crippen LogP contribution in [0.25, 0.3) is 0 Å². The molecule has 0 atom stereocenters. The number of carbonyl (C=O) groups excluding carboxylic acids is 1. The molecule has 0 aliphatic carbocycles. The average Bonchev–Trinajstić information content (AvgIpc) is 2.58. The van der Waals surface area contributed by atoms with Gasteiger partial charge in [-0.3, -0.25) is 0 Å². The predicted octanol–water partition coefficient (Wildman–Crippen LogP) is 3.53. The second kappa shape index (κ2) is 8.53. The van der Waals surface area contributed by atoms with Crippen LogP contribution in [-0.4, -0.2) is 12.6 Å². The van der Waals surface area contributed by atoms with Crippen LogP contribution in [0, 0.1) is 11.8 Å². The Labute approximate surface area is 131 Å². The molecule has 0 radical (unpaired) electrons. The summed E-state index contributed by atoms with van der Waals surface area (Å²) in [4.78, 5) is 11.5. The Bertz CT molecular complexity index is 669. The zero-order valence-electron chi connectivity index (χ0n) is 12.6. The second-order valence-corrected chi connectivity index (χ2v) is 4.77. The van der Waals surface area contributed by atoms with Gasteiger partial charge in [-0.15, -0.1) is 0 Å². The normalized spacial score (nSPS) is 9.50. The SMILES string of the molecule is CCc1cccc(C#CCNC(=O)OCc2ccccc2)c1. The second-order valence-electron chi connectivity index (χ2n) is 4.77. The lowest BCUT2D eigenvalue weighted by Gasteiger charge is -2.04. The summed E-state index contributed by atoms with van der Waals surface area (Å²) in [5.74, 6) is 5.95. The molecule has 0 aliphatic rings. The van der Waals surface area contributed by atoms with E-state index >= 15 is 0 Å². The molecule has 3 heteroatoms. The van der Waals surface area contributed by atoms with Gasteiger partial charge in [0.05, 0.1) is 6.54 Å². The lowest BCUT2D eigenvalue weighted by Crippen LogP contribution is -2.24. The van der Waals surface area contributed by atoms with Crippen LogP contribution in [0.3, 0.4) is 0 Å². The van der Waals surface area contributed by atoms with E-state index in [1.807, 2.05) is 42.5 Å². The van der Waals surface area contributed by atoms with E-state index in [4.69, 9.17) is 4.74 Å². The predicted molar refractivity (Wildman–Crippen MR) is 87.3 cm³/mol. The Morgan fingerprint density at radius 2 is 1.86 bits per heavy atom. The summed E-state index contributed by atoms with van der Waals surface area (Å²) in [6, 6.07) is 17.6. The number of nitrogens with one attached hydrogen (secondary N) is 1. The fourth-order valence-electron chi connectivity index (χ4n) is 1.91. The zero-order chi connectivity index (χ0) is 15.6. The van der Waals surface area contributed by atoms with Crippen LogP contribution in [0.15, 0.2) is 54.6 Å². The number of amides is 1. The van der Waals surface area contributed by atoms with Crippen LogP contribution < -0.4 is 5.32 Å². The Kier molecular flexibility index (Phi) is 6.07. The summed E-state index contributed by atoms with van der Waals surface area (Å²) in [5.41, 5.74) is 3.17. The molecule has 0 aromatic heterocycles. The van der Waals surface area contributed by atoms with Crippen molar-refractivity contribution >= 4 is 6.09 Å². The summed E-state index contributed by atoms with van der Waals surface area (Å²) in [7, 11) is 0. The van der Waals surface area contributed by atoms with Crippen molar-refractivity contribution in [1.82, 2.24) is 5.32 Å². The molecule has 0 saturated carbocycles. The average molecular weight is 293 g/mol. The van der Waals surface area contributed by atoms with Gasteiger partial charge in [0.15, 0.2) is 0 Å². The van der Waals surface area contributed by atoms with Gasteiger partial charge in [0.1, 0.15) is 6.61 Å². The summed E-state index contributed by atoms with van der Waals surface area (Å²) in [5, 5.41) is 2.62. The number of rotatable bonds is 4. The first-order valence-electron chi connectivity index (χ1n) is 7.30. The minimum Gasteiger partial charge on any atom is -0.445 e. The smallest absolute Gasteiger partial charge is 0.408 e. The van der Waals surface area contributed by atoms with Crippen LogP contribution in [0.5, 0.6) is 0 Å². The fraction of sp³-hybridized carbons (Fsp3) is 0.211. The number of carbonyl (C=O) groups is 1. The number of ether oxygens (including phenoxy) is 1. The van der Waals surface area contributed by atoms with Crippen molar-refractivity contribution in [2.45, 2.75) is 20.0 Å². The molecule has 2 rings (SSSR count). The number of aryl methyl sites for hydroxylation is 1. The largest absolute Gasteiger partial charge is 0.445 e. The molecule has 22 heavy (non-hydrogen) atoms. The maximum absolute atomic E-state index is 11.5. The molecular formula is C19H19NO2. The summed E-state index contributed by atoms with van der Waals surface area (Å²) < 4.78 is 5.10. The van der Waals surface area contributed by atoms with Crippen LogP contribution in [0.1, 0.15) is 23.6 Å². The molecule has 0 heterocycles. The highest BCUT2D eigenvalue weighted by Crippen LogP contribution is 2.04. The van der Waals surface area contributed by atoms with Crippen molar-refractivity contribution in [3.8, 4) is 11.8 Å². The van der Waals surface area contributed by atoms with E-state index in [0.29, 0.717) is 0 Å². The monoisotopic (exact) mass is 293 g/mol. The van der Waals surface area contributed by atoms with E-state index < -0.39 is 6.09 Å². The van der Waals surface area contributed by atoms with Gasteiger partial charge in [-0.25, -0.2) is 4.79 Å². The molecule has 0 bridgehead atoms. The standard InChI is InChI=1S/C19H19NO2/c1-2-16-10-6-11-17(14-16)12-7-13-20-19(21)22-15-18-8-4-3-5-9-18/h3-6,8-11,14H,2,13,15H2,1H3,(H,20,21). The highest BCUT2D eigenvalue weighted by Gasteiger charge is 2.00. The van der Waals surface area contributed by atoms with Crippen LogP contribution in [0.2, 0.25) is 0 Å². The third kappa shape index (κ3) is 5.34. The highest BCUT2D eigenvalue weighted by atomic mass is 16.5. The lowest BCUT2D eigenvalue weighted by atomic mass is 10.1. The van der Waals surface area contributed by atoms with Crippen molar-refractivity contribution in [3.05, 3.63) is 71.3 Å². The van der Waals surface area contributed by atoms with E-state index in [9.17, 15) is 4.79 Å². The van der Waals surface area contributed by atoms with Gasteiger partial charge in [-0.05, 0) is 29.7 Å². The summed E-state index contributed by atoms with van der Waals surface area (Å²) >= 11 is 0. The first-order valence-corrected chi connectivity index (χ1v) is 7.30. The van der Waals surface area contributed by atoms with Crippen molar-refractivity contribution < 1.29 is 9.53 Å². The van der Waals surface area contributed by atoms with E-state index in [0.717, 1.165) is 17.5 Å². The molecule has 0 unspecified atom stereocenters. The molecule has 112 valence electrons. The lowest BCUT2D eigenvalue weighted by molar-refractivity contribution is 0.141. The van der Waals surface area contributed by atoms with Crippen molar-refractivity contribution in [3.63, 3.8) is 0 Å². The van der Waals surface area contributed by atoms with Gasteiger partial charge in [0.25, 0.3) is 0 Å². The van der Waals surface area contributed by atoms with E-state index in [-0.39, 0.29) is 13.2 Å². The number of hydrogen-bond donors (Lipinski definition) is 1. The van der Waals surface area contributed by atoms with Gasteiger partial charge in [0.2, 0.25) is 0 Å². The van der Waals surface area contributed by atoms with Crippen LogP contribution in [0.4, 0.5) is 4.79 Å². The highest BCUT2D eigenvalue weighted by molar-refractivity contribution is 5.67. The molecular weight excluding hydrogens is 274 g/mol. The van der Waals surface area contributed by atoms with Gasteiger partial charge in [0, 0.05) is 5.56 Å². The summed E-state index contributed by atoms with van der Waals surface area (Å²) in [6.07, 6.45) is 0.528. The maximum atomic E-state index is 11.5. The topological polar surface area (TPSA) is 38.3 Å². The fourth-order valence-corrected chi connectivity index (χ4v) is 1.91. The molecule has 1 N–H and O–H groups in total. The quantitative estimate of drug-likeness (QED) is 0.876. The van der Waals surface area contributed by atoms with Crippen molar-refractivity contribution in [1.29, 1.82) is 0 Å². The zero-order valence-corrected chi connectivity index (χ0v) is 12.6. The Balaban J connectivity index is 1.74. The van der Waals surface area contributed by atoms with Crippen molar-refractivity contribution in [2.75, 3.05) is 6.54 Å². The number of alkyl carbamates (subject to hydrolysis) is 1. The van der Waals surface area contributed by atoms with E-state index in [1.54, 1.807) is 0 Å². The maximum Gasteiger partial charge on any atom is 0.408 e. The molecule has 2 aromatic rings. The minimum absolute atomic E-state index is 0.263. The first kappa shape index (κ1) is 15.7. The first-order chi connectivity index (χ1) is 10.8. The minimum atomic E-state index is -0.458. The molecule has 1 amide bonds. The molecule has 2 aromatic carbocycles. The number of benzene rings is 2. The Morgan fingerprint density at radius 3 is 2.64 bits per heavy atom. The Morgan fingerprint density at radius 1 is 1.09 bits per heavy atom. The van der Waals surface area contributed by atoms with Gasteiger partial charge >= 0.3 is 6.09 Å².